The molecular weight excluding hydrogens is 452 g/mol. The molecule has 1 fully saturated rings. The van der Waals surface area contributed by atoms with E-state index in [2.05, 4.69) is 0 Å². The number of aliphatic hydroxyl groups is 1. The minimum Gasteiger partial charge on any atom is -0.507 e. The van der Waals surface area contributed by atoms with E-state index in [0.29, 0.717) is 23.6 Å². The maximum atomic E-state index is 13.2. The number of amides is 1. The van der Waals surface area contributed by atoms with Gasteiger partial charge in [0.2, 0.25) is 0 Å². The summed E-state index contributed by atoms with van der Waals surface area (Å²) >= 11 is 6.08. The minimum atomic E-state index is -0.689. The first-order valence-corrected chi connectivity index (χ1v) is 11.4. The quantitative estimate of drug-likeness (QED) is 0.298. The van der Waals surface area contributed by atoms with Crippen molar-refractivity contribution in [3.63, 3.8) is 0 Å². The van der Waals surface area contributed by atoms with Crippen LogP contribution in [-0.4, -0.2) is 60.9 Å². The van der Waals surface area contributed by atoms with Crippen molar-refractivity contribution in [3.8, 4) is 5.75 Å². The fraction of sp³-hybridized carbons (Fsp3) is 0.259. The summed E-state index contributed by atoms with van der Waals surface area (Å²) in [5, 5.41) is 13.7. The van der Waals surface area contributed by atoms with Crippen LogP contribution in [0.3, 0.4) is 0 Å². The first-order valence-electron chi connectivity index (χ1n) is 11.1. The van der Waals surface area contributed by atoms with Gasteiger partial charge in [0.1, 0.15) is 11.5 Å². The molecule has 1 unspecified atom stereocenters. The van der Waals surface area contributed by atoms with Crippen molar-refractivity contribution in [2.75, 3.05) is 34.3 Å². The second kappa shape index (κ2) is 9.87. The normalized spacial score (nSPS) is 17.7. The molecule has 1 amide bonds. The first kappa shape index (κ1) is 23.8. The number of aliphatic hydroxyl groups excluding tert-OH is 1. The standard InChI is InChI=1S/C27H27ClN2O4/c1-29(2)13-4-14-30-24(17-7-10-21(28)11-8-17)23(26(32)27(30)33)25(31)20-6-5-19-16-22(34-3)12-9-18(19)15-20/h5-12,15-16,24,31H,4,13-14H2,1-3H3/b25-23+. The highest BCUT2D eigenvalue weighted by atomic mass is 35.5. The Morgan fingerprint density at radius 3 is 2.38 bits per heavy atom. The second-order valence-electron chi connectivity index (χ2n) is 8.63. The number of ketones is 1. The Morgan fingerprint density at radius 2 is 1.71 bits per heavy atom. The van der Waals surface area contributed by atoms with E-state index in [1.807, 2.05) is 49.3 Å². The number of hydrogen-bond donors (Lipinski definition) is 1. The van der Waals surface area contributed by atoms with Crippen molar-refractivity contribution in [3.05, 3.63) is 82.4 Å². The molecule has 1 atom stereocenters. The number of methoxy groups -OCH3 is 1. The predicted octanol–water partition coefficient (Wildman–Crippen LogP) is 4.88. The lowest BCUT2D eigenvalue weighted by molar-refractivity contribution is -0.139. The third kappa shape index (κ3) is 4.65. The molecule has 0 radical (unpaired) electrons. The molecule has 0 spiro atoms. The average molecular weight is 479 g/mol. The molecule has 1 aliphatic heterocycles. The first-order chi connectivity index (χ1) is 16.3. The molecule has 3 aromatic carbocycles. The predicted molar refractivity (Wildman–Crippen MR) is 134 cm³/mol. The van der Waals surface area contributed by atoms with E-state index in [-0.39, 0.29) is 11.3 Å². The Hall–Kier alpha value is -3.35. The lowest BCUT2D eigenvalue weighted by Crippen LogP contribution is -2.32. The van der Waals surface area contributed by atoms with Gasteiger partial charge in [0.05, 0.1) is 18.7 Å². The number of carbonyl (C=O) groups excluding carboxylic acids is 2. The molecule has 7 heteroatoms. The number of fused-ring (bicyclic) bond motifs is 1. The Bertz CT molecular complexity index is 1270. The third-order valence-corrected chi connectivity index (χ3v) is 6.30. The van der Waals surface area contributed by atoms with Gasteiger partial charge < -0.3 is 19.6 Å². The Morgan fingerprint density at radius 1 is 1.03 bits per heavy atom. The molecule has 1 heterocycles. The van der Waals surface area contributed by atoms with Gasteiger partial charge in [0.15, 0.2) is 0 Å². The summed E-state index contributed by atoms with van der Waals surface area (Å²) in [4.78, 5) is 29.8. The summed E-state index contributed by atoms with van der Waals surface area (Å²) in [5.41, 5.74) is 1.29. The molecule has 0 aromatic heterocycles. The van der Waals surface area contributed by atoms with Crippen LogP contribution in [0.1, 0.15) is 23.6 Å². The van der Waals surface area contributed by atoms with Crippen LogP contribution >= 0.6 is 11.6 Å². The van der Waals surface area contributed by atoms with E-state index < -0.39 is 17.7 Å². The monoisotopic (exact) mass is 478 g/mol. The number of ether oxygens (including phenoxy) is 1. The summed E-state index contributed by atoms with van der Waals surface area (Å²) in [6.45, 7) is 1.16. The molecular formula is C27H27ClN2O4. The lowest BCUT2D eigenvalue weighted by Gasteiger charge is -2.26. The van der Waals surface area contributed by atoms with Crippen LogP contribution < -0.4 is 4.74 Å². The van der Waals surface area contributed by atoms with Crippen LogP contribution in [0.25, 0.3) is 16.5 Å². The zero-order valence-electron chi connectivity index (χ0n) is 19.4. The summed E-state index contributed by atoms with van der Waals surface area (Å²) < 4.78 is 5.28. The van der Waals surface area contributed by atoms with Gasteiger partial charge in [-0.25, -0.2) is 0 Å². The molecule has 0 aliphatic carbocycles. The Kier molecular flexibility index (Phi) is 6.91. The number of carbonyl (C=O) groups is 2. The van der Waals surface area contributed by atoms with Gasteiger partial charge in [-0.3, -0.25) is 9.59 Å². The largest absolute Gasteiger partial charge is 0.507 e. The Balaban J connectivity index is 1.80. The van der Waals surface area contributed by atoms with Crippen LogP contribution in [0.15, 0.2) is 66.2 Å². The highest BCUT2D eigenvalue weighted by molar-refractivity contribution is 6.46. The summed E-state index contributed by atoms with van der Waals surface area (Å²) in [7, 11) is 5.52. The van der Waals surface area contributed by atoms with Gasteiger partial charge >= 0.3 is 0 Å². The van der Waals surface area contributed by atoms with Gasteiger partial charge in [-0.15, -0.1) is 0 Å². The maximum absolute atomic E-state index is 13.2. The van der Waals surface area contributed by atoms with Crippen LogP contribution in [0.2, 0.25) is 5.02 Å². The number of rotatable bonds is 7. The number of nitrogens with zero attached hydrogens (tertiary/aromatic N) is 2. The third-order valence-electron chi connectivity index (χ3n) is 6.05. The van der Waals surface area contributed by atoms with E-state index in [9.17, 15) is 14.7 Å². The van der Waals surface area contributed by atoms with E-state index in [0.717, 1.165) is 28.6 Å². The topological polar surface area (TPSA) is 70.1 Å². The summed E-state index contributed by atoms with van der Waals surface area (Å²) in [6, 6.07) is 17.4. The van der Waals surface area contributed by atoms with E-state index in [1.165, 1.54) is 0 Å². The van der Waals surface area contributed by atoms with Gasteiger partial charge in [-0.05, 0) is 73.7 Å². The molecule has 176 valence electrons. The van der Waals surface area contributed by atoms with Crippen molar-refractivity contribution < 1.29 is 19.4 Å². The minimum absolute atomic E-state index is 0.0880. The average Bonchev–Trinajstić information content (AvgIpc) is 3.08. The SMILES string of the molecule is COc1ccc2cc(/C(O)=C3\C(=O)C(=O)N(CCCN(C)C)C3c3ccc(Cl)cc3)ccc2c1. The molecule has 6 nitrogen and oxygen atoms in total. The number of Topliss-reactive ketones (excluding diaryl/α,β-unsaturated/α-hetero) is 1. The van der Waals surface area contributed by atoms with Gasteiger partial charge in [-0.1, -0.05) is 41.9 Å². The van der Waals surface area contributed by atoms with Crippen molar-refractivity contribution in [2.45, 2.75) is 12.5 Å². The maximum Gasteiger partial charge on any atom is 0.295 e. The van der Waals surface area contributed by atoms with Crippen molar-refractivity contribution in [1.82, 2.24) is 9.80 Å². The molecule has 1 N–H and O–H groups in total. The Labute approximate surface area is 204 Å². The van der Waals surface area contributed by atoms with Crippen molar-refractivity contribution in [2.24, 2.45) is 0 Å². The molecule has 0 bridgehead atoms. The van der Waals surface area contributed by atoms with Crippen molar-refractivity contribution in [1.29, 1.82) is 0 Å². The zero-order chi connectivity index (χ0) is 24.4. The van der Waals surface area contributed by atoms with Crippen LogP contribution in [0.4, 0.5) is 0 Å². The van der Waals surface area contributed by atoms with E-state index in [4.69, 9.17) is 16.3 Å². The summed E-state index contributed by atoms with van der Waals surface area (Å²) in [6.07, 6.45) is 0.696. The van der Waals surface area contributed by atoms with Crippen LogP contribution in [-0.2, 0) is 9.59 Å². The van der Waals surface area contributed by atoms with Crippen LogP contribution in [0, 0.1) is 0 Å². The molecule has 1 saturated heterocycles. The number of halogens is 1. The molecule has 1 aliphatic rings. The highest BCUT2D eigenvalue weighted by Gasteiger charge is 2.45. The molecule has 0 saturated carbocycles. The smallest absolute Gasteiger partial charge is 0.295 e. The highest BCUT2D eigenvalue weighted by Crippen LogP contribution is 2.40. The number of likely N-dealkylation sites (tertiary alicyclic amines) is 1. The molecule has 4 rings (SSSR count). The lowest BCUT2D eigenvalue weighted by atomic mass is 9.94. The number of hydrogen-bond acceptors (Lipinski definition) is 5. The fourth-order valence-electron chi connectivity index (χ4n) is 4.31. The van der Waals surface area contributed by atoms with E-state index >= 15 is 0 Å². The zero-order valence-corrected chi connectivity index (χ0v) is 20.2. The summed E-state index contributed by atoms with van der Waals surface area (Å²) in [5.74, 6) is -0.746. The van der Waals surface area contributed by atoms with Gasteiger partial charge in [0.25, 0.3) is 11.7 Å². The number of benzene rings is 3. The van der Waals surface area contributed by atoms with Gasteiger partial charge in [-0.2, -0.15) is 0 Å². The van der Waals surface area contributed by atoms with E-state index in [1.54, 1.807) is 42.3 Å². The van der Waals surface area contributed by atoms with Crippen LogP contribution in [0.5, 0.6) is 5.75 Å². The molecule has 34 heavy (non-hydrogen) atoms. The van der Waals surface area contributed by atoms with Gasteiger partial charge in [0, 0.05) is 17.1 Å². The second-order valence-corrected chi connectivity index (χ2v) is 9.07. The van der Waals surface area contributed by atoms with Crippen molar-refractivity contribution >= 4 is 39.8 Å². The molecule has 3 aromatic rings. The fourth-order valence-corrected chi connectivity index (χ4v) is 4.44.